The Kier molecular flexibility index (Phi) is 5.69. The van der Waals surface area contributed by atoms with Crippen LogP contribution in [0.15, 0.2) is 12.4 Å². The highest BCUT2D eigenvalue weighted by molar-refractivity contribution is 5.04. The van der Waals surface area contributed by atoms with E-state index in [0.717, 1.165) is 58.7 Å². The van der Waals surface area contributed by atoms with E-state index in [2.05, 4.69) is 28.0 Å². The smallest absolute Gasteiger partial charge is 0.0564 e. The predicted octanol–water partition coefficient (Wildman–Crippen LogP) is 0.400. The molecular formula is C17H30N4O2. The molecule has 1 aromatic heterocycles. The number of rotatable bonds is 6. The van der Waals surface area contributed by atoms with Gasteiger partial charge in [-0.25, -0.2) is 0 Å². The van der Waals surface area contributed by atoms with Gasteiger partial charge in [-0.2, -0.15) is 5.10 Å². The molecule has 0 spiro atoms. The van der Waals surface area contributed by atoms with E-state index >= 15 is 0 Å². The number of hydrogen-bond acceptors (Lipinski definition) is 5. The minimum Gasteiger partial charge on any atom is -0.396 e. The lowest BCUT2D eigenvalue weighted by molar-refractivity contribution is 0.0684. The van der Waals surface area contributed by atoms with Crippen molar-refractivity contribution >= 4 is 0 Å². The molecule has 1 aromatic rings. The molecule has 6 nitrogen and oxygen atoms in total. The quantitative estimate of drug-likeness (QED) is 0.794. The molecule has 0 bridgehead atoms. The van der Waals surface area contributed by atoms with Crippen LogP contribution in [0, 0.1) is 11.8 Å². The van der Waals surface area contributed by atoms with Crippen molar-refractivity contribution in [2.45, 2.75) is 39.0 Å². The number of aliphatic hydroxyl groups excluding tert-OH is 2. The van der Waals surface area contributed by atoms with E-state index in [4.69, 9.17) is 0 Å². The van der Waals surface area contributed by atoms with Crippen LogP contribution in [0.1, 0.15) is 25.3 Å². The summed E-state index contributed by atoms with van der Waals surface area (Å²) < 4.78 is 1.96. The van der Waals surface area contributed by atoms with Crippen LogP contribution in [0.25, 0.3) is 0 Å². The Morgan fingerprint density at radius 3 is 2.57 bits per heavy atom. The van der Waals surface area contributed by atoms with E-state index in [-0.39, 0.29) is 12.7 Å². The minimum absolute atomic E-state index is 0.116. The molecule has 2 N–H and O–H groups in total. The lowest BCUT2D eigenvalue weighted by atomic mass is 9.95. The molecule has 130 valence electrons. The molecule has 0 amide bonds. The van der Waals surface area contributed by atoms with Crippen LogP contribution in [0.2, 0.25) is 0 Å². The van der Waals surface area contributed by atoms with E-state index in [1.807, 2.05) is 10.9 Å². The van der Waals surface area contributed by atoms with Crippen LogP contribution in [0.4, 0.5) is 0 Å². The molecule has 23 heavy (non-hydrogen) atoms. The number of likely N-dealkylation sites (tertiary alicyclic amines) is 2. The summed E-state index contributed by atoms with van der Waals surface area (Å²) in [5, 5.41) is 23.7. The summed E-state index contributed by atoms with van der Waals surface area (Å²) in [4.78, 5) is 4.90. The van der Waals surface area contributed by atoms with E-state index in [9.17, 15) is 10.2 Å². The van der Waals surface area contributed by atoms with Gasteiger partial charge in [0.05, 0.1) is 12.3 Å². The van der Waals surface area contributed by atoms with E-state index < -0.39 is 0 Å². The van der Waals surface area contributed by atoms with Crippen LogP contribution in [-0.2, 0) is 13.1 Å². The van der Waals surface area contributed by atoms with Crippen molar-refractivity contribution in [3.63, 3.8) is 0 Å². The lowest BCUT2D eigenvalue weighted by Crippen LogP contribution is -2.40. The highest BCUT2D eigenvalue weighted by Crippen LogP contribution is 2.26. The highest BCUT2D eigenvalue weighted by atomic mass is 16.3. The third-order valence-electron chi connectivity index (χ3n) is 5.35. The molecule has 0 unspecified atom stereocenters. The van der Waals surface area contributed by atoms with Gasteiger partial charge >= 0.3 is 0 Å². The second kappa shape index (κ2) is 7.75. The maximum atomic E-state index is 9.73. The molecule has 2 aliphatic rings. The van der Waals surface area contributed by atoms with Gasteiger partial charge in [-0.15, -0.1) is 0 Å². The molecule has 2 atom stereocenters. The van der Waals surface area contributed by atoms with Gasteiger partial charge in [-0.1, -0.05) is 0 Å². The van der Waals surface area contributed by atoms with Crippen LogP contribution >= 0.6 is 0 Å². The zero-order valence-corrected chi connectivity index (χ0v) is 14.1. The van der Waals surface area contributed by atoms with Crippen molar-refractivity contribution in [1.82, 2.24) is 19.6 Å². The zero-order chi connectivity index (χ0) is 16.2. The average Bonchev–Trinajstić information content (AvgIpc) is 3.16. The largest absolute Gasteiger partial charge is 0.396 e. The molecule has 0 aromatic carbocycles. The molecule has 2 fully saturated rings. The highest BCUT2D eigenvalue weighted by Gasteiger charge is 2.34. The van der Waals surface area contributed by atoms with Crippen molar-refractivity contribution in [1.29, 1.82) is 0 Å². The monoisotopic (exact) mass is 322 g/mol. The third kappa shape index (κ3) is 4.32. The minimum atomic E-state index is -0.116. The fourth-order valence-corrected chi connectivity index (χ4v) is 3.93. The normalized spacial score (nSPS) is 27.8. The van der Waals surface area contributed by atoms with E-state index in [1.165, 1.54) is 5.56 Å². The van der Waals surface area contributed by atoms with Crippen LogP contribution < -0.4 is 0 Å². The summed E-state index contributed by atoms with van der Waals surface area (Å²) in [6, 6.07) is 0. The van der Waals surface area contributed by atoms with Crippen LogP contribution in [0.3, 0.4) is 0 Å². The summed E-state index contributed by atoms with van der Waals surface area (Å²) in [5.41, 5.74) is 1.25. The average molecular weight is 322 g/mol. The van der Waals surface area contributed by atoms with Crippen molar-refractivity contribution in [3.8, 4) is 0 Å². The second-order valence-electron chi connectivity index (χ2n) is 7.13. The molecule has 0 radical (unpaired) electrons. The van der Waals surface area contributed by atoms with Gasteiger partial charge in [-0.3, -0.25) is 9.58 Å². The fraction of sp³-hybridized carbons (Fsp3) is 0.824. The lowest BCUT2D eigenvalue weighted by Gasteiger charge is -2.32. The van der Waals surface area contributed by atoms with E-state index in [0.29, 0.717) is 11.8 Å². The first-order valence-electron chi connectivity index (χ1n) is 8.93. The maximum absolute atomic E-state index is 9.73. The Morgan fingerprint density at radius 2 is 1.91 bits per heavy atom. The zero-order valence-electron chi connectivity index (χ0n) is 14.1. The summed E-state index contributed by atoms with van der Waals surface area (Å²) in [7, 11) is 0. The second-order valence-corrected chi connectivity index (χ2v) is 7.13. The Morgan fingerprint density at radius 1 is 1.17 bits per heavy atom. The van der Waals surface area contributed by atoms with Crippen LogP contribution in [0.5, 0.6) is 0 Å². The number of aliphatic hydroxyl groups is 2. The van der Waals surface area contributed by atoms with Gasteiger partial charge in [0.15, 0.2) is 0 Å². The van der Waals surface area contributed by atoms with Gasteiger partial charge in [0.1, 0.15) is 0 Å². The first kappa shape index (κ1) is 16.9. The number of aromatic nitrogens is 2. The molecule has 0 saturated carbocycles. The topological polar surface area (TPSA) is 64.8 Å². The molecule has 2 aliphatic heterocycles. The van der Waals surface area contributed by atoms with Gasteiger partial charge in [0.25, 0.3) is 0 Å². The van der Waals surface area contributed by atoms with Gasteiger partial charge in [-0.05, 0) is 31.6 Å². The first-order valence-corrected chi connectivity index (χ1v) is 8.93. The Bertz CT molecular complexity index is 485. The van der Waals surface area contributed by atoms with Crippen LogP contribution in [-0.4, -0.2) is 75.2 Å². The summed E-state index contributed by atoms with van der Waals surface area (Å²) in [6.07, 6.45) is 5.73. The molecule has 0 aliphatic carbocycles. The van der Waals surface area contributed by atoms with Gasteiger partial charge < -0.3 is 15.1 Å². The molecule has 3 rings (SSSR count). The van der Waals surface area contributed by atoms with Gasteiger partial charge in [0, 0.05) is 64.2 Å². The Balaban J connectivity index is 1.52. The number of hydrogen-bond donors (Lipinski definition) is 2. The Hall–Kier alpha value is -0.950. The number of nitrogens with zero attached hydrogens (tertiary/aromatic N) is 4. The molecule has 6 heteroatoms. The van der Waals surface area contributed by atoms with Crippen molar-refractivity contribution in [3.05, 3.63) is 18.0 Å². The van der Waals surface area contributed by atoms with Gasteiger partial charge in [0.2, 0.25) is 0 Å². The first-order chi connectivity index (χ1) is 11.2. The maximum Gasteiger partial charge on any atom is 0.0564 e. The molecular weight excluding hydrogens is 292 g/mol. The van der Waals surface area contributed by atoms with Crippen molar-refractivity contribution in [2.75, 3.05) is 39.3 Å². The summed E-state index contributed by atoms with van der Waals surface area (Å²) >= 11 is 0. The fourth-order valence-electron chi connectivity index (χ4n) is 3.93. The number of piperidine rings is 1. The van der Waals surface area contributed by atoms with Crippen molar-refractivity contribution in [2.24, 2.45) is 11.8 Å². The summed E-state index contributed by atoms with van der Waals surface area (Å²) in [5.74, 6) is 0.888. The number of aryl methyl sites for hydroxylation is 1. The standard InChI is InChI=1S/C17H30N4O2/c1-2-21-9-14(7-18-21)8-20-11-15(16(12-20)13-22)10-19-5-3-17(23)4-6-19/h7,9,15-17,22-23H,2-6,8,10-13H2,1H3/t15-,16-/m0/s1. The van der Waals surface area contributed by atoms with Crippen molar-refractivity contribution < 1.29 is 10.2 Å². The summed E-state index contributed by atoms with van der Waals surface area (Å²) in [6.45, 7) is 9.22. The Labute approximate surface area is 138 Å². The predicted molar refractivity (Wildman–Crippen MR) is 88.9 cm³/mol. The third-order valence-corrected chi connectivity index (χ3v) is 5.35. The SMILES string of the molecule is CCn1cc(CN2C[C@@H](CO)[C@@H](CN3CCC(O)CC3)C2)cn1. The molecule has 3 heterocycles. The van der Waals surface area contributed by atoms with E-state index in [1.54, 1.807) is 0 Å². The molecule has 2 saturated heterocycles.